The Bertz CT molecular complexity index is 518. The lowest BCUT2D eigenvalue weighted by molar-refractivity contribution is -0.130. The van der Waals surface area contributed by atoms with Gasteiger partial charge in [0.15, 0.2) is 0 Å². The highest BCUT2D eigenvalue weighted by Gasteiger charge is 2.23. The molecule has 0 bridgehead atoms. The van der Waals surface area contributed by atoms with Gasteiger partial charge in [-0.25, -0.2) is 4.39 Å². The standard InChI is InChI=1S/C14H16FN3O/c1-10(14(19)18-7-2-3-8-18)17-13-6-4-5-12(15)11(13)9-16/h4-6,10,17H,2-3,7-8H2,1H3. The Labute approximate surface area is 111 Å². The van der Waals surface area contributed by atoms with Gasteiger partial charge in [-0.05, 0) is 31.9 Å². The first-order valence-electron chi connectivity index (χ1n) is 6.37. The average Bonchev–Trinajstić information content (AvgIpc) is 2.92. The minimum Gasteiger partial charge on any atom is -0.373 e. The molecule has 1 fully saturated rings. The molecule has 0 radical (unpaired) electrons. The van der Waals surface area contributed by atoms with Gasteiger partial charge in [-0.2, -0.15) is 5.26 Å². The summed E-state index contributed by atoms with van der Waals surface area (Å²) < 4.78 is 13.4. The number of halogens is 1. The van der Waals surface area contributed by atoms with Gasteiger partial charge in [0.05, 0.1) is 5.69 Å². The summed E-state index contributed by atoms with van der Waals surface area (Å²) in [6, 6.07) is 5.71. The molecular weight excluding hydrogens is 245 g/mol. The quantitative estimate of drug-likeness (QED) is 0.906. The van der Waals surface area contributed by atoms with Gasteiger partial charge >= 0.3 is 0 Å². The lowest BCUT2D eigenvalue weighted by atomic mass is 10.1. The molecule has 5 heteroatoms. The predicted molar refractivity (Wildman–Crippen MR) is 70.0 cm³/mol. The van der Waals surface area contributed by atoms with E-state index in [0.29, 0.717) is 5.69 Å². The third-order valence-electron chi connectivity index (χ3n) is 3.29. The van der Waals surface area contributed by atoms with Crippen LogP contribution >= 0.6 is 0 Å². The first kappa shape index (κ1) is 13.3. The number of carbonyl (C=O) groups excluding carboxylic acids is 1. The fraction of sp³-hybridized carbons (Fsp3) is 0.429. The van der Waals surface area contributed by atoms with E-state index in [4.69, 9.17) is 5.26 Å². The van der Waals surface area contributed by atoms with Crippen LogP contribution < -0.4 is 5.32 Å². The second kappa shape index (κ2) is 5.70. The number of anilines is 1. The Hall–Kier alpha value is -2.09. The van der Waals surface area contributed by atoms with Crippen molar-refractivity contribution in [1.82, 2.24) is 4.90 Å². The summed E-state index contributed by atoms with van der Waals surface area (Å²) in [7, 11) is 0. The summed E-state index contributed by atoms with van der Waals surface area (Å²) in [6.07, 6.45) is 2.06. The van der Waals surface area contributed by atoms with Gasteiger partial charge in [0.2, 0.25) is 5.91 Å². The van der Waals surface area contributed by atoms with Crippen LogP contribution in [0.25, 0.3) is 0 Å². The zero-order chi connectivity index (χ0) is 13.8. The number of hydrogen-bond donors (Lipinski definition) is 1. The lowest BCUT2D eigenvalue weighted by Crippen LogP contribution is -2.39. The molecule has 4 nitrogen and oxygen atoms in total. The molecule has 2 rings (SSSR count). The van der Waals surface area contributed by atoms with E-state index < -0.39 is 11.9 Å². The van der Waals surface area contributed by atoms with Gasteiger partial charge in [-0.3, -0.25) is 4.79 Å². The first-order chi connectivity index (χ1) is 9.13. The van der Waals surface area contributed by atoms with Crippen molar-refractivity contribution < 1.29 is 9.18 Å². The van der Waals surface area contributed by atoms with Crippen LogP contribution in [0.5, 0.6) is 0 Å². The molecule has 0 saturated carbocycles. The first-order valence-corrected chi connectivity index (χ1v) is 6.37. The van der Waals surface area contributed by atoms with Crippen molar-refractivity contribution in [3.8, 4) is 6.07 Å². The van der Waals surface area contributed by atoms with E-state index in [1.54, 1.807) is 17.9 Å². The van der Waals surface area contributed by atoms with Crippen LogP contribution in [-0.2, 0) is 4.79 Å². The molecule has 0 aromatic heterocycles. The zero-order valence-corrected chi connectivity index (χ0v) is 10.8. The third kappa shape index (κ3) is 2.84. The number of carbonyl (C=O) groups is 1. The highest BCUT2D eigenvalue weighted by molar-refractivity contribution is 5.85. The maximum Gasteiger partial charge on any atom is 0.244 e. The third-order valence-corrected chi connectivity index (χ3v) is 3.29. The summed E-state index contributed by atoms with van der Waals surface area (Å²) in [6.45, 7) is 3.28. The average molecular weight is 261 g/mol. The van der Waals surface area contributed by atoms with Gasteiger partial charge in [-0.1, -0.05) is 6.07 Å². The van der Waals surface area contributed by atoms with E-state index in [-0.39, 0.29) is 11.5 Å². The fourth-order valence-electron chi connectivity index (χ4n) is 2.26. The largest absolute Gasteiger partial charge is 0.373 e. The molecule has 0 aliphatic carbocycles. The minimum absolute atomic E-state index is 0.00866. The van der Waals surface area contributed by atoms with Crippen molar-refractivity contribution in [3.63, 3.8) is 0 Å². The lowest BCUT2D eigenvalue weighted by Gasteiger charge is -2.22. The van der Waals surface area contributed by atoms with Crippen molar-refractivity contribution in [2.75, 3.05) is 18.4 Å². The van der Waals surface area contributed by atoms with Gasteiger partial charge in [0, 0.05) is 13.1 Å². The smallest absolute Gasteiger partial charge is 0.244 e. The second-order valence-corrected chi connectivity index (χ2v) is 4.67. The molecule has 1 aromatic carbocycles. The number of nitrogens with one attached hydrogen (secondary N) is 1. The van der Waals surface area contributed by atoms with Crippen LogP contribution in [-0.4, -0.2) is 29.9 Å². The number of nitrogens with zero attached hydrogens (tertiary/aromatic N) is 2. The number of likely N-dealkylation sites (tertiary alicyclic amines) is 1. The van der Waals surface area contributed by atoms with Crippen LogP contribution in [0, 0.1) is 17.1 Å². The number of nitriles is 1. The monoisotopic (exact) mass is 261 g/mol. The van der Waals surface area contributed by atoms with Gasteiger partial charge in [0.25, 0.3) is 0 Å². The van der Waals surface area contributed by atoms with Gasteiger partial charge in [0.1, 0.15) is 23.5 Å². The van der Waals surface area contributed by atoms with Crippen molar-refractivity contribution in [1.29, 1.82) is 5.26 Å². The number of benzene rings is 1. The van der Waals surface area contributed by atoms with Crippen molar-refractivity contribution in [3.05, 3.63) is 29.6 Å². The molecule has 1 aromatic rings. The summed E-state index contributed by atoms with van der Waals surface area (Å²) in [5.41, 5.74) is 0.311. The maximum atomic E-state index is 13.4. The van der Waals surface area contributed by atoms with E-state index in [9.17, 15) is 9.18 Å². The summed E-state index contributed by atoms with van der Waals surface area (Å²) in [5.74, 6) is -0.584. The van der Waals surface area contributed by atoms with Crippen LogP contribution in [0.4, 0.5) is 10.1 Å². The summed E-state index contributed by atoms with van der Waals surface area (Å²) >= 11 is 0. The Kier molecular flexibility index (Phi) is 4.00. The van der Waals surface area contributed by atoms with Gasteiger partial charge in [-0.15, -0.1) is 0 Å². The van der Waals surface area contributed by atoms with E-state index in [1.165, 1.54) is 12.1 Å². The topological polar surface area (TPSA) is 56.1 Å². The normalized spacial score (nSPS) is 15.9. The van der Waals surface area contributed by atoms with E-state index in [1.807, 2.05) is 6.07 Å². The molecule has 1 saturated heterocycles. The van der Waals surface area contributed by atoms with Crippen LogP contribution in [0.1, 0.15) is 25.3 Å². The Morgan fingerprint density at radius 1 is 1.47 bits per heavy atom. The highest BCUT2D eigenvalue weighted by atomic mass is 19.1. The fourth-order valence-corrected chi connectivity index (χ4v) is 2.26. The minimum atomic E-state index is -0.576. The Morgan fingerprint density at radius 2 is 2.16 bits per heavy atom. The number of hydrogen-bond acceptors (Lipinski definition) is 3. The maximum absolute atomic E-state index is 13.4. The van der Waals surface area contributed by atoms with Crippen molar-refractivity contribution in [2.24, 2.45) is 0 Å². The molecule has 1 N–H and O–H groups in total. The molecule has 1 heterocycles. The SMILES string of the molecule is CC(Nc1cccc(F)c1C#N)C(=O)N1CCCC1. The molecule has 1 aliphatic heterocycles. The molecule has 1 aliphatic rings. The highest BCUT2D eigenvalue weighted by Crippen LogP contribution is 2.19. The van der Waals surface area contributed by atoms with E-state index >= 15 is 0 Å². The van der Waals surface area contributed by atoms with Crippen LogP contribution in [0.15, 0.2) is 18.2 Å². The van der Waals surface area contributed by atoms with Crippen LogP contribution in [0.2, 0.25) is 0 Å². The summed E-state index contributed by atoms with van der Waals surface area (Å²) in [5, 5.41) is 11.9. The Balaban J connectivity index is 2.10. The molecule has 0 spiro atoms. The second-order valence-electron chi connectivity index (χ2n) is 4.67. The molecule has 19 heavy (non-hydrogen) atoms. The zero-order valence-electron chi connectivity index (χ0n) is 10.8. The number of rotatable bonds is 3. The molecule has 1 unspecified atom stereocenters. The molecule has 1 atom stereocenters. The summed E-state index contributed by atoms with van der Waals surface area (Å²) in [4.78, 5) is 13.9. The van der Waals surface area contributed by atoms with Crippen LogP contribution in [0.3, 0.4) is 0 Å². The number of amides is 1. The van der Waals surface area contributed by atoms with Crippen molar-refractivity contribution >= 4 is 11.6 Å². The molecular formula is C14H16FN3O. The molecule has 100 valence electrons. The predicted octanol–water partition coefficient (Wildman–Crippen LogP) is 2.12. The Morgan fingerprint density at radius 3 is 2.79 bits per heavy atom. The van der Waals surface area contributed by atoms with Gasteiger partial charge < -0.3 is 10.2 Å². The van der Waals surface area contributed by atoms with E-state index in [0.717, 1.165) is 25.9 Å². The van der Waals surface area contributed by atoms with Crippen molar-refractivity contribution in [2.45, 2.75) is 25.8 Å². The molecule has 1 amide bonds. The van der Waals surface area contributed by atoms with E-state index in [2.05, 4.69) is 5.32 Å².